The molecule has 4 rings (SSSR count). The van der Waals surface area contributed by atoms with Crippen molar-refractivity contribution in [2.24, 2.45) is 0 Å². The van der Waals surface area contributed by atoms with Crippen LogP contribution >= 0.6 is 0 Å². The molecule has 4 aromatic rings. The molecule has 33 heavy (non-hydrogen) atoms. The third-order valence-electron chi connectivity index (χ3n) is 4.88. The van der Waals surface area contributed by atoms with Gasteiger partial charge in [-0.05, 0) is 44.2 Å². The number of methoxy groups -OCH3 is 1. The molecule has 0 aliphatic carbocycles. The molecule has 9 nitrogen and oxygen atoms in total. The van der Waals surface area contributed by atoms with Crippen molar-refractivity contribution in [3.63, 3.8) is 0 Å². The van der Waals surface area contributed by atoms with Crippen LogP contribution in [0.2, 0.25) is 0 Å². The summed E-state index contributed by atoms with van der Waals surface area (Å²) in [4.78, 5) is 30.7. The smallest absolute Gasteiger partial charge is 0.357 e. The van der Waals surface area contributed by atoms with E-state index in [-0.39, 0.29) is 24.2 Å². The highest BCUT2D eigenvalue weighted by Gasteiger charge is 2.22. The summed E-state index contributed by atoms with van der Waals surface area (Å²) in [6.45, 7) is 3.60. The Balaban J connectivity index is 1.85. The van der Waals surface area contributed by atoms with Crippen LogP contribution in [0.1, 0.15) is 29.9 Å². The zero-order valence-electron chi connectivity index (χ0n) is 18.0. The average molecular weight is 453 g/mol. The minimum atomic E-state index is -0.737. The van der Waals surface area contributed by atoms with Gasteiger partial charge in [-0.15, -0.1) is 0 Å². The van der Waals surface area contributed by atoms with Crippen LogP contribution in [0.5, 0.6) is 11.5 Å². The number of pyridine rings is 1. The van der Waals surface area contributed by atoms with Gasteiger partial charge in [0.2, 0.25) is 5.75 Å². The van der Waals surface area contributed by atoms with Crippen LogP contribution in [-0.2, 0) is 16.1 Å². The van der Waals surface area contributed by atoms with Crippen LogP contribution < -0.4 is 4.74 Å². The number of nitrogens with one attached hydrogen (secondary N) is 1. The van der Waals surface area contributed by atoms with Crippen LogP contribution in [0.15, 0.2) is 42.6 Å². The van der Waals surface area contributed by atoms with Gasteiger partial charge in [0.05, 0.1) is 35.4 Å². The topological polar surface area (TPSA) is 117 Å². The number of carbonyl (C=O) groups is 1. The van der Waals surface area contributed by atoms with Gasteiger partial charge in [-0.25, -0.2) is 14.2 Å². The summed E-state index contributed by atoms with van der Waals surface area (Å²) in [6, 6.07) is 8.13. The molecule has 2 aromatic carbocycles. The zero-order valence-corrected chi connectivity index (χ0v) is 18.0. The predicted molar refractivity (Wildman–Crippen MR) is 118 cm³/mol. The molecule has 0 aliphatic heterocycles. The molecule has 0 spiro atoms. The third-order valence-corrected chi connectivity index (χ3v) is 4.88. The lowest BCUT2D eigenvalue weighted by Gasteiger charge is -2.12. The number of hydrogen-bond acceptors (Lipinski definition) is 7. The number of esters is 1. The molecular formula is C23H20FN3O6. The van der Waals surface area contributed by atoms with Gasteiger partial charge in [0.1, 0.15) is 11.6 Å². The minimum Gasteiger partial charge on any atom is -0.458 e. The van der Waals surface area contributed by atoms with Gasteiger partial charge in [-0.3, -0.25) is 10.1 Å². The lowest BCUT2D eigenvalue weighted by atomic mass is 10.1. The molecule has 10 heteroatoms. The first-order valence-electron chi connectivity index (χ1n) is 10.0. The van der Waals surface area contributed by atoms with Crippen molar-refractivity contribution in [3.8, 4) is 11.5 Å². The van der Waals surface area contributed by atoms with Gasteiger partial charge in [0.25, 0.3) is 0 Å². The number of nitro benzene ring substituents is 1. The van der Waals surface area contributed by atoms with Crippen LogP contribution in [-0.4, -0.2) is 34.1 Å². The molecule has 0 unspecified atom stereocenters. The van der Waals surface area contributed by atoms with E-state index in [1.54, 1.807) is 32.0 Å². The molecule has 0 saturated carbocycles. The molecule has 0 bridgehead atoms. The number of hydrogen-bond donors (Lipinski definition) is 1. The Morgan fingerprint density at radius 2 is 2.00 bits per heavy atom. The summed E-state index contributed by atoms with van der Waals surface area (Å²) in [6.07, 6.45) is 1.22. The highest BCUT2D eigenvalue weighted by molar-refractivity contribution is 6.11. The number of nitrogens with zero attached hydrogens (tertiary/aromatic N) is 2. The first-order chi connectivity index (χ1) is 15.8. The highest BCUT2D eigenvalue weighted by atomic mass is 19.1. The summed E-state index contributed by atoms with van der Waals surface area (Å²) < 4.78 is 29.8. The molecule has 0 radical (unpaired) electrons. The molecule has 0 fully saturated rings. The summed E-state index contributed by atoms with van der Waals surface area (Å²) in [7, 11) is 1.51. The normalized spacial score (nSPS) is 11.3. The fourth-order valence-corrected chi connectivity index (χ4v) is 3.58. The maximum Gasteiger partial charge on any atom is 0.357 e. The van der Waals surface area contributed by atoms with E-state index >= 15 is 0 Å². The van der Waals surface area contributed by atoms with Gasteiger partial charge in [-0.1, -0.05) is 0 Å². The number of nitro groups is 1. The molecule has 0 saturated heterocycles. The van der Waals surface area contributed by atoms with Crippen molar-refractivity contribution in [1.82, 2.24) is 9.97 Å². The number of aromatic nitrogens is 2. The van der Waals surface area contributed by atoms with E-state index in [4.69, 9.17) is 14.2 Å². The van der Waals surface area contributed by atoms with Crippen molar-refractivity contribution in [2.45, 2.75) is 26.6 Å². The lowest BCUT2D eigenvalue weighted by Crippen LogP contribution is -2.15. The zero-order chi connectivity index (χ0) is 23.7. The van der Waals surface area contributed by atoms with Gasteiger partial charge < -0.3 is 19.2 Å². The number of benzene rings is 2. The van der Waals surface area contributed by atoms with E-state index < -0.39 is 22.4 Å². The Hall–Kier alpha value is -4.05. The second-order valence-electron chi connectivity index (χ2n) is 7.56. The number of halogens is 1. The van der Waals surface area contributed by atoms with E-state index in [1.807, 2.05) is 0 Å². The molecular weight excluding hydrogens is 433 g/mol. The molecule has 2 aromatic heterocycles. The quantitative estimate of drug-likeness (QED) is 0.230. The van der Waals surface area contributed by atoms with Crippen molar-refractivity contribution in [2.75, 3.05) is 7.11 Å². The second-order valence-corrected chi connectivity index (χ2v) is 7.56. The standard InChI is InChI=1S/C23H20FN3O6/c1-12(2)32-23(28)22-16(11-31-3)21-15-9-14(5-6-17(15)26-18(21)10-25-22)33-20-7-4-13(24)8-19(20)27(29)30/h4-10,12,26H,11H2,1-3H3. The number of rotatable bonds is 7. The summed E-state index contributed by atoms with van der Waals surface area (Å²) >= 11 is 0. The second kappa shape index (κ2) is 8.83. The van der Waals surface area contributed by atoms with E-state index in [2.05, 4.69) is 9.97 Å². The van der Waals surface area contributed by atoms with E-state index in [0.717, 1.165) is 17.6 Å². The van der Waals surface area contributed by atoms with Gasteiger partial charge in [0.15, 0.2) is 5.69 Å². The van der Waals surface area contributed by atoms with Gasteiger partial charge >= 0.3 is 11.7 Å². The van der Waals surface area contributed by atoms with E-state index in [0.29, 0.717) is 27.6 Å². The number of H-pyrrole nitrogens is 1. The Morgan fingerprint density at radius 1 is 1.21 bits per heavy atom. The van der Waals surface area contributed by atoms with E-state index in [1.165, 1.54) is 19.4 Å². The van der Waals surface area contributed by atoms with Crippen molar-refractivity contribution >= 4 is 33.5 Å². The monoisotopic (exact) mass is 453 g/mol. The molecule has 170 valence electrons. The molecule has 1 N–H and O–H groups in total. The van der Waals surface area contributed by atoms with Crippen LogP contribution in [0, 0.1) is 15.9 Å². The van der Waals surface area contributed by atoms with Crippen LogP contribution in [0.25, 0.3) is 21.8 Å². The number of carbonyl (C=O) groups excluding carboxylic acids is 1. The number of fused-ring (bicyclic) bond motifs is 3. The first-order valence-corrected chi connectivity index (χ1v) is 10.0. The van der Waals surface area contributed by atoms with Crippen molar-refractivity contribution in [3.05, 3.63) is 69.8 Å². The fourth-order valence-electron chi connectivity index (χ4n) is 3.58. The molecule has 2 heterocycles. The number of ether oxygens (including phenoxy) is 3. The highest BCUT2D eigenvalue weighted by Crippen LogP contribution is 2.36. The van der Waals surface area contributed by atoms with Crippen molar-refractivity contribution < 1.29 is 28.3 Å². The first kappa shape index (κ1) is 22.2. The Kier molecular flexibility index (Phi) is 5.93. The van der Waals surface area contributed by atoms with Crippen LogP contribution in [0.4, 0.5) is 10.1 Å². The minimum absolute atomic E-state index is 0.0967. The third kappa shape index (κ3) is 4.33. The Labute approximate surface area is 187 Å². The lowest BCUT2D eigenvalue weighted by molar-refractivity contribution is -0.385. The van der Waals surface area contributed by atoms with Crippen molar-refractivity contribution in [1.29, 1.82) is 0 Å². The predicted octanol–water partition coefficient (Wildman–Crippen LogP) is 5.27. The molecule has 0 amide bonds. The SMILES string of the molecule is COCc1c(C(=O)OC(C)C)ncc2[nH]c3ccc(Oc4ccc(F)cc4[N+](=O)[O-])cc3c12. The van der Waals surface area contributed by atoms with E-state index in [9.17, 15) is 19.3 Å². The van der Waals surface area contributed by atoms with Gasteiger partial charge in [0, 0.05) is 29.0 Å². The largest absolute Gasteiger partial charge is 0.458 e. The van der Waals surface area contributed by atoms with Gasteiger partial charge in [-0.2, -0.15) is 0 Å². The summed E-state index contributed by atoms with van der Waals surface area (Å²) in [5.41, 5.74) is 1.59. The number of aromatic amines is 1. The Morgan fingerprint density at radius 3 is 2.70 bits per heavy atom. The van der Waals surface area contributed by atoms with Crippen LogP contribution in [0.3, 0.4) is 0 Å². The summed E-state index contributed by atoms with van der Waals surface area (Å²) in [5, 5.41) is 12.7. The average Bonchev–Trinajstić information content (AvgIpc) is 3.13. The molecule has 0 aliphatic rings. The fraction of sp³-hybridized carbons (Fsp3) is 0.217. The maximum absolute atomic E-state index is 13.5. The Bertz CT molecular complexity index is 1380. The maximum atomic E-state index is 13.5. The summed E-state index contributed by atoms with van der Waals surface area (Å²) in [5.74, 6) is -1.11. The molecule has 0 atom stereocenters.